The lowest BCUT2D eigenvalue weighted by molar-refractivity contribution is 0.0278. The summed E-state index contributed by atoms with van der Waals surface area (Å²) < 4.78 is 18.7. The quantitative estimate of drug-likeness (QED) is 0.731. The summed E-state index contributed by atoms with van der Waals surface area (Å²) in [5.41, 5.74) is 1.89. The molecule has 1 aliphatic rings. The molecule has 0 aromatic heterocycles. The average molecular weight is 410 g/mol. The molecular formula is C22H29ClFNO3. The maximum Gasteiger partial charge on any atom is 0.123 e. The zero-order valence-electron chi connectivity index (χ0n) is 16.1. The second kappa shape index (κ2) is 10.8. The first kappa shape index (κ1) is 22.6. The molecule has 3 rings (SSSR count). The van der Waals surface area contributed by atoms with Gasteiger partial charge in [-0.25, -0.2) is 4.39 Å². The summed E-state index contributed by atoms with van der Waals surface area (Å²) in [7, 11) is 0. The number of rotatable bonds is 7. The van der Waals surface area contributed by atoms with Crippen LogP contribution in [0.15, 0.2) is 48.5 Å². The van der Waals surface area contributed by atoms with Gasteiger partial charge >= 0.3 is 0 Å². The lowest BCUT2D eigenvalue weighted by Crippen LogP contribution is -2.41. The molecular weight excluding hydrogens is 381 g/mol. The van der Waals surface area contributed by atoms with Crippen LogP contribution >= 0.6 is 12.4 Å². The van der Waals surface area contributed by atoms with Crippen LogP contribution in [0.3, 0.4) is 0 Å². The third kappa shape index (κ3) is 6.45. The van der Waals surface area contributed by atoms with Crippen molar-refractivity contribution in [2.45, 2.75) is 32.0 Å². The van der Waals surface area contributed by atoms with Crippen molar-refractivity contribution >= 4 is 12.4 Å². The van der Waals surface area contributed by atoms with E-state index < -0.39 is 12.2 Å². The molecule has 6 heteroatoms. The third-order valence-electron chi connectivity index (χ3n) is 5.19. The van der Waals surface area contributed by atoms with Crippen LogP contribution in [-0.2, 0) is 0 Å². The normalized spacial score (nSPS) is 17.6. The van der Waals surface area contributed by atoms with Crippen LogP contribution in [0.5, 0.6) is 5.75 Å². The first-order valence-electron chi connectivity index (χ1n) is 9.54. The maximum atomic E-state index is 13.0. The van der Waals surface area contributed by atoms with Crippen molar-refractivity contribution in [3.63, 3.8) is 0 Å². The molecule has 0 aliphatic carbocycles. The summed E-state index contributed by atoms with van der Waals surface area (Å²) >= 11 is 0. The molecule has 1 saturated heterocycles. The monoisotopic (exact) mass is 409 g/mol. The molecule has 2 aromatic rings. The maximum absolute atomic E-state index is 13.0. The number of β-amino-alcohol motifs (C(OH)–C–C–N with tert-alkyl or cyclic N) is 1. The number of piperidine rings is 1. The minimum Gasteiger partial charge on any atom is -0.491 e. The second-order valence-corrected chi connectivity index (χ2v) is 7.42. The number of aliphatic hydroxyl groups excluding tert-OH is 2. The Morgan fingerprint density at radius 1 is 1.11 bits per heavy atom. The Labute approximate surface area is 172 Å². The van der Waals surface area contributed by atoms with Gasteiger partial charge in [0.2, 0.25) is 0 Å². The highest BCUT2D eigenvalue weighted by molar-refractivity contribution is 5.85. The van der Waals surface area contributed by atoms with Crippen LogP contribution in [0.4, 0.5) is 4.39 Å². The fourth-order valence-electron chi connectivity index (χ4n) is 3.63. The van der Waals surface area contributed by atoms with Crippen LogP contribution < -0.4 is 4.74 Å². The number of benzene rings is 2. The minimum atomic E-state index is -0.567. The molecule has 0 spiro atoms. The number of halogens is 2. The minimum absolute atomic E-state index is 0. The predicted octanol–water partition coefficient (Wildman–Crippen LogP) is 3.74. The van der Waals surface area contributed by atoms with Crippen molar-refractivity contribution in [3.05, 3.63) is 65.5 Å². The lowest BCUT2D eigenvalue weighted by Gasteiger charge is -2.35. The van der Waals surface area contributed by atoms with Crippen LogP contribution in [0.2, 0.25) is 0 Å². The molecule has 4 nitrogen and oxygen atoms in total. The van der Waals surface area contributed by atoms with Gasteiger partial charge in [-0.15, -0.1) is 12.4 Å². The van der Waals surface area contributed by atoms with Crippen molar-refractivity contribution in [2.75, 3.05) is 26.2 Å². The van der Waals surface area contributed by atoms with E-state index >= 15 is 0 Å². The van der Waals surface area contributed by atoms with Crippen molar-refractivity contribution in [1.29, 1.82) is 0 Å². The SMILES string of the molecule is Cc1cccc(OCC(O)CN2CCC(C(O)c3ccc(F)cc3)CC2)c1.Cl. The molecule has 2 N–H and O–H groups in total. The van der Waals surface area contributed by atoms with Gasteiger partial charge < -0.3 is 19.8 Å². The topological polar surface area (TPSA) is 52.9 Å². The molecule has 1 heterocycles. The lowest BCUT2D eigenvalue weighted by atomic mass is 9.87. The van der Waals surface area contributed by atoms with Crippen molar-refractivity contribution in [2.24, 2.45) is 5.92 Å². The van der Waals surface area contributed by atoms with Gasteiger partial charge in [0.25, 0.3) is 0 Å². The predicted molar refractivity (Wildman–Crippen MR) is 110 cm³/mol. The van der Waals surface area contributed by atoms with Crippen LogP contribution in [0.25, 0.3) is 0 Å². The van der Waals surface area contributed by atoms with Gasteiger partial charge in [-0.05, 0) is 74.2 Å². The summed E-state index contributed by atoms with van der Waals surface area (Å²) in [6.07, 6.45) is 0.583. The number of hydrogen-bond acceptors (Lipinski definition) is 4. The summed E-state index contributed by atoms with van der Waals surface area (Å²) in [5, 5.41) is 20.8. The molecule has 2 unspecified atom stereocenters. The van der Waals surface area contributed by atoms with Gasteiger partial charge in [0, 0.05) is 6.54 Å². The summed E-state index contributed by atoms with van der Waals surface area (Å²) in [6.45, 7) is 4.48. The number of ether oxygens (including phenoxy) is 1. The Morgan fingerprint density at radius 3 is 2.43 bits per heavy atom. The molecule has 2 aromatic carbocycles. The van der Waals surface area contributed by atoms with Gasteiger partial charge in [-0.3, -0.25) is 0 Å². The van der Waals surface area contributed by atoms with Crippen molar-refractivity contribution in [1.82, 2.24) is 4.90 Å². The number of likely N-dealkylation sites (tertiary alicyclic amines) is 1. The van der Waals surface area contributed by atoms with Crippen LogP contribution in [0, 0.1) is 18.7 Å². The average Bonchev–Trinajstić information content (AvgIpc) is 2.67. The summed E-state index contributed by atoms with van der Waals surface area (Å²) in [6, 6.07) is 13.9. The smallest absolute Gasteiger partial charge is 0.123 e. The van der Waals surface area contributed by atoms with E-state index in [-0.39, 0.29) is 30.7 Å². The van der Waals surface area contributed by atoms with E-state index in [0.717, 1.165) is 42.8 Å². The standard InChI is InChI=1S/C22H28FNO3.ClH/c1-16-3-2-4-21(13-16)27-15-20(25)14-24-11-9-18(10-12-24)22(26)17-5-7-19(23)8-6-17;/h2-8,13,18,20,22,25-26H,9-12,14-15H2,1H3;1H. The molecule has 2 atom stereocenters. The molecule has 0 radical (unpaired) electrons. The highest BCUT2D eigenvalue weighted by Gasteiger charge is 2.27. The van der Waals surface area contributed by atoms with E-state index in [0.29, 0.717) is 6.54 Å². The molecule has 0 bridgehead atoms. The third-order valence-corrected chi connectivity index (χ3v) is 5.19. The Balaban J connectivity index is 0.00000280. The molecule has 28 heavy (non-hydrogen) atoms. The van der Waals surface area contributed by atoms with E-state index in [1.54, 1.807) is 12.1 Å². The van der Waals surface area contributed by atoms with E-state index in [1.807, 2.05) is 31.2 Å². The number of hydrogen-bond donors (Lipinski definition) is 2. The Bertz CT molecular complexity index is 720. The Kier molecular flexibility index (Phi) is 8.70. The second-order valence-electron chi connectivity index (χ2n) is 7.42. The first-order chi connectivity index (χ1) is 13.0. The number of aliphatic hydroxyl groups is 2. The van der Waals surface area contributed by atoms with Gasteiger partial charge in [-0.2, -0.15) is 0 Å². The summed E-state index contributed by atoms with van der Waals surface area (Å²) in [5.74, 6) is 0.644. The molecule has 0 amide bonds. The largest absolute Gasteiger partial charge is 0.491 e. The number of nitrogens with zero attached hydrogens (tertiary/aromatic N) is 1. The zero-order chi connectivity index (χ0) is 19.2. The highest BCUT2D eigenvalue weighted by Crippen LogP contribution is 2.30. The van der Waals surface area contributed by atoms with Crippen molar-refractivity contribution < 1.29 is 19.3 Å². The molecule has 0 saturated carbocycles. The van der Waals surface area contributed by atoms with Crippen LogP contribution in [-0.4, -0.2) is 47.5 Å². The van der Waals surface area contributed by atoms with E-state index in [9.17, 15) is 14.6 Å². The van der Waals surface area contributed by atoms with Gasteiger partial charge in [0.05, 0.1) is 6.10 Å². The van der Waals surface area contributed by atoms with E-state index in [4.69, 9.17) is 4.74 Å². The van der Waals surface area contributed by atoms with E-state index in [2.05, 4.69) is 4.90 Å². The zero-order valence-corrected chi connectivity index (χ0v) is 16.9. The fraction of sp³-hybridized carbons (Fsp3) is 0.455. The molecule has 1 aliphatic heterocycles. The number of aryl methyl sites for hydroxylation is 1. The van der Waals surface area contributed by atoms with E-state index in [1.165, 1.54) is 12.1 Å². The van der Waals surface area contributed by atoms with Gasteiger partial charge in [0.15, 0.2) is 0 Å². The molecule has 1 fully saturated rings. The molecule has 154 valence electrons. The van der Waals surface area contributed by atoms with Gasteiger partial charge in [0.1, 0.15) is 24.3 Å². The summed E-state index contributed by atoms with van der Waals surface area (Å²) in [4.78, 5) is 2.21. The van der Waals surface area contributed by atoms with Crippen molar-refractivity contribution in [3.8, 4) is 5.75 Å². The van der Waals surface area contributed by atoms with Gasteiger partial charge in [-0.1, -0.05) is 24.3 Å². The van der Waals surface area contributed by atoms with Crippen LogP contribution in [0.1, 0.15) is 30.1 Å². The highest BCUT2D eigenvalue weighted by atomic mass is 35.5. The fourth-order valence-corrected chi connectivity index (χ4v) is 3.63. The Hall–Kier alpha value is -1.66. The Morgan fingerprint density at radius 2 is 1.79 bits per heavy atom. The first-order valence-corrected chi connectivity index (χ1v) is 9.54.